The van der Waals surface area contributed by atoms with Gasteiger partial charge in [-0.05, 0) is 74.4 Å². The number of nitrogens with zero attached hydrogens (tertiary/aromatic N) is 2. The van der Waals surface area contributed by atoms with Crippen LogP contribution in [0.4, 0.5) is 13.2 Å². The number of hydrogen-bond acceptors (Lipinski definition) is 4. The number of carbonyl (C=O) groups excluding carboxylic acids is 1. The molecule has 0 saturated carbocycles. The lowest BCUT2D eigenvalue weighted by Gasteiger charge is -2.46. The van der Waals surface area contributed by atoms with E-state index in [9.17, 15) is 18.0 Å². The Morgan fingerprint density at radius 2 is 1.88 bits per heavy atom. The molecule has 0 radical (unpaired) electrons. The maximum absolute atomic E-state index is 14.0. The van der Waals surface area contributed by atoms with Crippen molar-refractivity contribution < 1.29 is 22.7 Å². The fourth-order valence-corrected chi connectivity index (χ4v) is 5.73. The Morgan fingerprint density at radius 3 is 2.50 bits per heavy atom. The molecule has 214 valence electrons. The predicted octanol–water partition coefficient (Wildman–Crippen LogP) is 6.56. The highest BCUT2D eigenvalue weighted by Gasteiger charge is 2.43. The van der Waals surface area contributed by atoms with Gasteiger partial charge in [0.05, 0.1) is 11.7 Å². The van der Waals surface area contributed by atoms with Crippen molar-refractivity contribution in [1.29, 1.82) is 0 Å². The van der Waals surface area contributed by atoms with Crippen molar-refractivity contribution in [3.8, 4) is 0 Å². The molecule has 2 heterocycles. The second kappa shape index (κ2) is 12.8. The third-order valence-electron chi connectivity index (χ3n) is 7.77. The summed E-state index contributed by atoms with van der Waals surface area (Å²) in [7, 11) is 1.70. The summed E-state index contributed by atoms with van der Waals surface area (Å²) < 4.78 is 47.6. The molecule has 8 heteroatoms. The van der Waals surface area contributed by atoms with E-state index in [2.05, 4.69) is 16.8 Å². The van der Waals surface area contributed by atoms with Crippen LogP contribution in [-0.4, -0.2) is 48.0 Å². The minimum Gasteiger partial charge on any atom is -0.468 e. The third kappa shape index (κ3) is 6.97. The molecule has 2 aliphatic heterocycles. The van der Waals surface area contributed by atoms with E-state index in [1.165, 1.54) is 31.2 Å². The number of benzene rings is 2. The smallest absolute Gasteiger partial charge is 0.230 e. The average Bonchev–Trinajstić information content (AvgIpc) is 2.92. The van der Waals surface area contributed by atoms with Crippen molar-refractivity contribution >= 4 is 5.91 Å². The van der Waals surface area contributed by atoms with Gasteiger partial charge in [-0.1, -0.05) is 31.2 Å². The largest absolute Gasteiger partial charge is 0.468 e. The SMILES string of the molecule is C=C1NC(CC)=C(/C=C(\C)F)C2(CCN(CCC(C(=O)N(C)Cc3cccc(F)c3)c3ccc(F)cc3)CC2)O1. The number of rotatable bonds is 9. The highest BCUT2D eigenvalue weighted by Crippen LogP contribution is 2.41. The van der Waals surface area contributed by atoms with Crippen LogP contribution in [0.1, 0.15) is 56.6 Å². The fourth-order valence-electron chi connectivity index (χ4n) is 5.73. The van der Waals surface area contributed by atoms with Gasteiger partial charge in [0.2, 0.25) is 5.91 Å². The summed E-state index contributed by atoms with van der Waals surface area (Å²) in [5.41, 5.74) is 2.55. The molecule has 5 nitrogen and oxygen atoms in total. The van der Waals surface area contributed by atoms with Crippen molar-refractivity contribution in [3.63, 3.8) is 0 Å². The number of likely N-dealkylation sites (tertiary alicyclic amines) is 1. The second-order valence-corrected chi connectivity index (χ2v) is 10.7. The van der Waals surface area contributed by atoms with Crippen LogP contribution in [0.3, 0.4) is 0 Å². The van der Waals surface area contributed by atoms with E-state index in [-0.39, 0.29) is 29.9 Å². The number of carbonyl (C=O) groups is 1. The first-order valence-corrected chi connectivity index (χ1v) is 13.8. The molecule has 1 spiro atoms. The molecule has 0 aliphatic carbocycles. The van der Waals surface area contributed by atoms with E-state index in [4.69, 9.17) is 4.74 Å². The molecule has 2 aromatic rings. The summed E-state index contributed by atoms with van der Waals surface area (Å²) in [6, 6.07) is 12.3. The number of piperidine rings is 1. The van der Waals surface area contributed by atoms with E-state index in [1.54, 1.807) is 42.3 Å². The number of ether oxygens (including phenoxy) is 1. The number of allylic oxidation sites excluding steroid dienone is 2. The van der Waals surface area contributed by atoms with E-state index in [1.807, 2.05) is 6.92 Å². The van der Waals surface area contributed by atoms with E-state index in [0.29, 0.717) is 56.8 Å². The molecule has 1 amide bonds. The maximum atomic E-state index is 14.0. The van der Waals surface area contributed by atoms with Crippen LogP contribution in [0, 0.1) is 11.6 Å². The highest BCUT2D eigenvalue weighted by atomic mass is 19.1. The molecule has 1 fully saturated rings. The zero-order valence-corrected chi connectivity index (χ0v) is 23.5. The predicted molar refractivity (Wildman–Crippen MR) is 151 cm³/mol. The van der Waals surface area contributed by atoms with Crippen LogP contribution in [0.25, 0.3) is 0 Å². The van der Waals surface area contributed by atoms with E-state index in [0.717, 1.165) is 16.8 Å². The second-order valence-electron chi connectivity index (χ2n) is 10.7. The van der Waals surface area contributed by atoms with Crippen LogP contribution >= 0.6 is 0 Å². The Balaban J connectivity index is 1.47. The summed E-state index contributed by atoms with van der Waals surface area (Å²) >= 11 is 0. The topological polar surface area (TPSA) is 44.8 Å². The van der Waals surface area contributed by atoms with Crippen LogP contribution in [-0.2, 0) is 16.1 Å². The molecule has 1 N–H and O–H groups in total. The van der Waals surface area contributed by atoms with Crippen molar-refractivity contribution in [2.75, 3.05) is 26.7 Å². The lowest BCUT2D eigenvalue weighted by molar-refractivity contribution is -0.132. The first kappa shape index (κ1) is 29.5. The van der Waals surface area contributed by atoms with Crippen molar-refractivity contribution in [1.82, 2.24) is 15.1 Å². The molecule has 1 saturated heterocycles. The number of nitrogens with one attached hydrogen (secondary N) is 1. The normalized spacial score (nSPS) is 18.4. The lowest BCUT2D eigenvalue weighted by atomic mass is 9.80. The molecule has 2 aromatic carbocycles. The standard InChI is InChI=1S/C32H38F3N3O2/c1-5-30-29(19-22(2)33)32(40-23(3)36-30)14-17-38(18-15-32)16-13-28(25-9-11-26(34)12-10-25)31(39)37(4)21-24-7-6-8-27(35)20-24/h6-12,19-20,28,36H,3,5,13-18,21H2,1-2,4H3/b22-19+. The minimum absolute atomic E-state index is 0.108. The monoisotopic (exact) mass is 553 g/mol. The number of halogens is 3. The fraction of sp³-hybridized carbons (Fsp3) is 0.406. The summed E-state index contributed by atoms with van der Waals surface area (Å²) in [4.78, 5) is 17.5. The summed E-state index contributed by atoms with van der Waals surface area (Å²) in [6.45, 7) is 9.76. The van der Waals surface area contributed by atoms with Gasteiger partial charge in [-0.2, -0.15) is 0 Å². The number of amides is 1. The Kier molecular flexibility index (Phi) is 9.40. The Bertz CT molecular complexity index is 1280. The van der Waals surface area contributed by atoms with E-state index >= 15 is 0 Å². The first-order valence-electron chi connectivity index (χ1n) is 13.8. The van der Waals surface area contributed by atoms with Crippen LogP contribution in [0.15, 0.2) is 84.2 Å². The van der Waals surface area contributed by atoms with E-state index < -0.39 is 11.5 Å². The van der Waals surface area contributed by atoms with Crippen molar-refractivity contribution in [3.05, 3.63) is 107 Å². The first-order chi connectivity index (χ1) is 19.1. The molecular weight excluding hydrogens is 515 g/mol. The molecule has 0 aromatic heterocycles. The minimum atomic E-state index is -0.644. The van der Waals surface area contributed by atoms with Crippen LogP contribution in [0.2, 0.25) is 0 Å². The van der Waals surface area contributed by atoms with Gasteiger partial charge >= 0.3 is 0 Å². The molecule has 4 rings (SSSR count). The van der Waals surface area contributed by atoms with Gasteiger partial charge < -0.3 is 19.9 Å². The Labute approximate surface area is 235 Å². The Hall–Kier alpha value is -3.52. The van der Waals surface area contributed by atoms with Gasteiger partial charge in [0.15, 0.2) is 5.88 Å². The van der Waals surface area contributed by atoms with Gasteiger partial charge in [-0.15, -0.1) is 0 Å². The molecule has 0 bridgehead atoms. The zero-order valence-electron chi connectivity index (χ0n) is 23.5. The third-order valence-corrected chi connectivity index (χ3v) is 7.77. The van der Waals surface area contributed by atoms with Crippen molar-refractivity contribution in [2.24, 2.45) is 0 Å². The Morgan fingerprint density at radius 1 is 1.18 bits per heavy atom. The van der Waals surface area contributed by atoms with Gasteiger partial charge in [-0.25, -0.2) is 13.2 Å². The molecular formula is C32H38F3N3O2. The van der Waals surface area contributed by atoms with Gasteiger partial charge in [0.1, 0.15) is 17.2 Å². The van der Waals surface area contributed by atoms with Crippen LogP contribution in [0.5, 0.6) is 0 Å². The average molecular weight is 554 g/mol. The quantitative estimate of drug-likeness (QED) is 0.382. The summed E-state index contributed by atoms with van der Waals surface area (Å²) in [5, 5.41) is 3.16. The molecule has 1 atom stereocenters. The molecule has 1 unspecified atom stereocenters. The van der Waals surface area contributed by atoms with Gasteiger partial charge in [0, 0.05) is 50.8 Å². The molecule has 2 aliphatic rings. The zero-order chi connectivity index (χ0) is 28.9. The lowest BCUT2D eigenvalue weighted by Crippen LogP contribution is -2.51. The highest BCUT2D eigenvalue weighted by molar-refractivity contribution is 5.83. The maximum Gasteiger partial charge on any atom is 0.230 e. The number of likely N-dealkylation sites (N-methyl/N-ethyl adjacent to an activating group) is 1. The summed E-state index contributed by atoms with van der Waals surface area (Å²) in [5.74, 6) is -1.10. The van der Waals surface area contributed by atoms with Crippen molar-refractivity contribution in [2.45, 2.75) is 57.6 Å². The molecule has 40 heavy (non-hydrogen) atoms. The van der Waals surface area contributed by atoms with Gasteiger partial charge in [-0.3, -0.25) is 4.79 Å². The summed E-state index contributed by atoms with van der Waals surface area (Å²) in [6.07, 6.45) is 4.12. The number of hydrogen-bond donors (Lipinski definition) is 1. The van der Waals surface area contributed by atoms with Gasteiger partial charge in [0.25, 0.3) is 0 Å². The van der Waals surface area contributed by atoms with Crippen LogP contribution < -0.4 is 5.32 Å².